The second kappa shape index (κ2) is 10.3. The summed E-state index contributed by atoms with van der Waals surface area (Å²) in [6, 6.07) is 13.3. The van der Waals surface area contributed by atoms with Gasteiger partial charge in [0.2, 0.25) is 0 Å². The maximum atomic E-state index is 5.88. The maximum absolute atomic E-state index is 5.88. The van der Waals surface area contributed by atoms with Crippen molar-refractivity contribution in [1.29, 1.82) is 0 Å². The summed E-state index contributed by atoms with van der Waals surface area (Å²) >= 11 is 1.47. The van der Waals surface area contributed by atoms with Crippen molar-refractivity contribution in [2.24, 2.45) is 10.7 Å². The highest BCUT2D eigenvalue weighted by Gasteiger charge is 1.98. The lowest BCUT2D eigenvalue weighted by Crippen LogP contribution is -2.06. The number of benzene rings is 1. The predicted octanol–water partition coefficient (Wildman–Crippen LogP) is 3.81. The summed E-state index contributed by atoms with van der Waals surface area (Å²) in [6.07, 6.45) is 1.77. The highest BCUT2D eigenvalue weighted by Crippen LogP contribution is 2.19. The molecule has 2 N–H and O–H groups in total. The SMILES string of the molecule is COc1ccc(N=C(N)SCc2ccccn2)cc1.Cl.Cl. The van der Waals surface area contributed by atoms with E-state index in [1.54, 1.807) is 13.3 Å². The van der Waals surface area contributed by atoms with E-state index in [-0.39, 0.29) is 24.8 Å². The van der Waals surface area contributed by atoms with E-state index in [9.17, 15) is 0 Å². The zero-order chi connectivity index (χ0) is 13.5. The van der Waals surface area contributed by atoms with Gasteiger partial charge in [-0.1, -0.05) is 17.8 Å². The Labute approximate surface area is 141 Å². The fourth-order valence-electron chi connectivity index (χ4n) is 1.45. The van der Waals surface area contributed by atoms with Crippen LogP contribution in [0.1, 0.15) is 5.69 Å². The van der Waals surface area contributed by atoms with Gasteiger partial charge in [-0.2, -0.15) is 0 Å². The second-order valence-corrected chi connectivity index (χ2v) is 4.75. The minimum atomic E-state index is 0. The number of hydrogen-bond donors (Lipinski definition) is 1. The average Bonchev–Trinajstić information content (AvgIpc) is 2.47. The van der Waals surface area contributed by atoms with Crippen LogP contribution in [0.2, 0.25) is 0 Å². The molecule has 7 heteroatoms. The smallest absolute Gasteiger partial charge is 0.159 e. The molecule has 0 saturated heterocycles. The highest BCUT2D eigenvalue weighted by molar-refractivity contribution is 8.13. The second-order valence-electron chi connectivity index (χ2n) is 3.76. The first kappa shape index (κ1) is 19.6. The zero-order valence-corrected chi connectivity index (χ0v) is 13.9. The number of ether oxygens (including phenoxy) is 1. The normalized spacial score (nSPS) is 10.2. The van der Waals surface area contributed by atoms with Gasteiger partial charge in [0.1, 0.15) is 5.75 Å². The van der Waals surface area contributed by atoms with Crippen molar-refractivity contribution in [3.63, 3.8) is 0 Å². The number of aliphatic imine (C=N–C) groups is 1. The molecule has 0 saturated carbocycles. The number of rotatable bonds is 4. The number of hydrogen-bond acceptors (Lipinski definition) is 4. The molecule has 0 bridgehead atoms. The monoisotopic (exact) mass is 345 g/mol. The lowest BCUT2D eigenvalue weighted by Gasteiger charge is -2.02. The molecule has 0 aliphatic carbocycles. The molecule has 4 nitrogen and oxygen atoms in total. The number of aromatic nitrogens is 1. The van der Waals surface area contributed by atoms with Crippen LogP contribution in [0.5, 0.6) is 5.75 Å². The molecule has 0 aliphatic heterocycles. The molecule has 0 unspecified atom stereocenters. The van der Waals surface area contributed by atoms with E-state index in [2.05, 4.69) is 9.98 Å². The van der Waals surface area contributed by atoms with Gasteiger partial charge < -0.3 is 10.5 Å². The van der Waals surface area contributed by atoms with Crippen LogP contribution in [-0.4, -0.2) is 17.3 Å². The number of nitrogens with zero attached hydrogens (tertiary/aromatic N) is 2. The number of thioether (sulfide) groups is 1. The molecular weight excluding hydrogens is 329 g/mol. The number of halogens is 2. The Bertz CT molecular complexity index is 550. The highest BCUT2D eigenvalue weighted by atomic mass is 35.5. The lowest BCUT2D eigenvalue weighted by atomic mass is 10.3. The average molecular weight is 346 g/mol. The number of pyridine rings is 1. The Morgan fingerprint density at radius 1 is 1.19 bits per heavy atom. The molecule has 1 aromatic carbocycles. The largest absolute Gasteiger partial charge is 0.497 e. The van der Waals surface area contributed by atoms with Crippen LogP contribution in [0.25, 0.3) is 0 Å². The Morgan fingerprint density at radius 3 is 2.48 bits per heavy atom. The standard InChI is InChI=1S/C14H15N3OS.2ClH/c1-18-13-7-5-11(6-8-13)17-14(15)19-10-12-4-2-3-9-16-12;;/h2-9H,10H2,1H3,(H2,15,17);2*1H. The van der Waals surface area contributed by atoms with Crippen LogP contribution >= 0.6 is 36.6 Å². The topological polar surface area (TPSA) is 60.5 Å². The van der Waals surface area contributed by atoms with Crippen molar-refractivity contribution in [1.82, 2.24) is 4.98 Å². The molecule has 0 spiro atoms. The first-order valence-electron chi connectivity index (χ1n) is 5.79. The van der Waals surface area contributed by atoms with Crippen LogP contribution < -0.4 is 10.5 Å². The van der Waals surface area contributed by atoms with Crippen LogP contribution in [0, 0.1) is 0 Å². The molecule has 1 heterocycles. The lowest BCUT2D eigenvalue weighted by molar-refractivity contribution is 0.415. The first-order chi connectivity index (χ1) is 9.28. The summed E-state index contributed by atoms with van der Waals surface area (Å²) in [4.78, 5) is 8.56. The van der Waals surface area contributed by atoms with Crippen LogP contribution in [0.3, 0.4) is 0 Å². The minimum absolute atomic E-state index is 0. The van der Waals surface area contributed by atoms with Crippen molar-refractivity contribution in [3.05, 3.63) is 54.4 Å². The molecule has 0 radical (unpaired) electrons. The Morgan fingerprint density at radius 2 is 1.90 bits per heavy atom. The van der Waals surface area contributed by atoms with Crippen molar-refractivity contribution in [3.8, 4) is 5.75 Å². The molecule has 2 rings (SSSR count). The van der Waals surface area contributed by atoms with Crippen molar-refractivity contribution >= 4 is 47.4 Å². The number of nitrogens with two attached hydrogens (primary N) is 1. The van der Waals surface area contributed by atoms with Crippen LogP contribution in [0.4, 0.5) is 5.69 Å². The van der Waals surface area contributed by atoms with E-state index < -0.39 is 0 Å². The third-order valence-corrected chi connectivity index (χ3v) is 3.23. The van der Waals surface area contributed by atoms with E-state index >= 15 is 0 Å². The van der Waals surface area contributed by atoms with Crippen LogP contribution in [-0.2, 0) is 5.75 Å². The predicted molar refractivity (Wildman–Crippen MR) is 94.3 cm³/mol. The van der Waals surface area contributed by atoms with Gasteiger partial charge in [0.25, 0.3) is 0 Å². The fraction of sp³-hybridized carbons (Fsp3) is 0.143. The zero-order valence-electron chi connectivity index (χ0n) is 11.4. The van der Waals surface area contributed by atoms with Gasteiger partial charge in [-0.05, 0) is 36.4 Å². The number of methoxy groups -OCH3 is 1. The fourth-order valence-corrected chi connectivity index (χ4v) is 2.08. The Hall–Kier alpha value is -1.43. The summed E-state index contributed by atoms with van der Waals surface area (Å²) in [5.74, 6) is 1.52. The van der Waals surface area contributed by atoms with E-state index in [0.29, 0.717) is 10.9 Å². The van der Waals surface area contributed by atoms with Crippen LogP contribution in [0.15, 0.2) is 53.7 Å². The minimum Gasteiger partial charge on any atom is -0.497 e. The first-order valence-corrected chi connectivity index (χ1v) is 6.77. The molecule has 0 amide bonds. The molecule has 0 fully saturated rings. The van der Waals surface area contributed by atoms with E-state index in [1.165, 1.54) is 11.8 Å². The summed E-state index contributed by atoms with van der Waals surface area (Å²) in [6.45, 7) is 0. The van der Waals surface area contributed by atoms with Gasteiger partial charge in [-0.25, -0.2) is 4.99 Å². The number of amidine groups is 1. The van der Waals surface area contributed by atoms with E-state index in [4.69, 9.17) is 10.5 Å². The molecule has 2 aromatic rings. The third-order valence-electron chi connectivity index (χ3n) is 2.41. The van der Waals surface area contributed by atoms with Crippen molar-refractivity contribution in [2.45, 2.75) is 5.75 Å². The molecular formula is C14H17Cl2N3OS. The quantitative estimate of drug-likeness (QED) is 0.675. The Kier molecular flexibility index (Phi) is 9.62. The van der Waals surface area contributed by atoms with Gasteiger partial charge in [0.15, 0.2) is 5.17 Å². The summed E-state index contributed by atoms with van der Waals surface area (Å²) in [5, 5.41) is 0.524. The van der Waals surface area contributed by atoms with Gasteiger partial charge in [-0.15, -0.1) is 24.8 Å². The summed E-state index contributed by atoms with van der Waals surface area (Å²) in [7, 11) is 1.63. The summed E-state index contributed by atoms with van der Waals surface area (Å²) < 4.78 is 5.09. The molecule has 21 heavy (non-hydrogen) atoms. The Balaban J connectivity index is 0.00000200. The maximum Gasteiger partial charge on any atom is 0.159 e. The molecule has 0 atom stereocenters. The summed E-state index contributed by atoms with van der Waals surface area (Å²) in [5.41, 5.74) is 7.68. The van der Waals surface area contributed by atoms with E-state index in [0.717, 1.165) is 17.1 Å². The van der Waals surface area contributed by atoms with E-state index in [1.807, 2.05) is 42.5 Å². The molecule has 1 aromatic heterocycles. The van der Waals surface area contributed by atoms with Gasteiger partial charge in [-0.3, -0.25) is 4.98 Å². The van der Waals surface area contributed by atoms with Gasteiger partial charge in [0, 0.05) is 11.9 Å². The third kappa shape index (κ3) is 6.71. The van der Waals surface area contributed by atoms with Crippen molar-refractivity contribution < 1.29 is 4.74 Å². The van der Waals surface area contributed by atoms with Gasteiger partial charge >= 0.3 is 0 Å². The van der Waals surface area contributed by atoms with Gasteiger partial charge in [0.05, 0.1) is 18.5 Å². The molecule has 0 aliphatic rings. The van der Waals surface area contributed by atoms with Crippen molar-refractivity contribution in [2.75, 3.05) is 7.11 Å². The molecule has 114 valence electrons.